The number of hydrogen-bond donors (Lipinski definition) is 1. The topological polar surface area (TPSA) is 66.5 Å². The van der Waals surface area contributed by atoms with Gasteiger partial charge in [0.05, 0.1) is 10.6 Å². The average Bonchev–Trinajstić information content (AvgIpc) is 2.73. The molecule has 3 aromatic carbocycles. The first-order valence-corrected chi connectivity index (χ1v) is 11.4. The third kappa shape index (κ3) is 3.83. The molecule has 0 bridgehead atoms. The number of sulfonamides is 1. The minimum Gasteiger partial charge on any atom is -0.322 e. The number of carbonyl (C=O) groups is 1. The molecule has 0 unspecified atom stereocenters. The van der Waals surface area contributed by atoms with Gasteiger partial charge in [0.25, 0.3) is 15.9 Å². The van der Waals surface area contributed by atoms with Crippen LogP contribution in [0.1, 0.15) is 33.5 Å². The standard InChI is InChI=1S/C24H24N2O3S/c1-17-10-13-22(18(2)15-17)24(27)25-20-12-11-19-7-6-14-26(23(19)16-20)30(28,29)21-8-4-3-5-9-21/h3-5,8-13,15-16H,6-7,14H2,1-2H3,(H,25,27). The summed E-state index contributed by atoms with van der Waals surface area (Å²) in [6.45, 7) is 4.31. The van der Waals surface area contributed by atoms with Gasteiger partial charge in [-0.1, -0.05) is 42.0 Å². The number of nitrogens with one attached hydrogen (secondary N) is 1. The summed E-state index contributed by atoms with van der Waals surface area (Å²) in [6.07, 6.45) is 1.56. The Balaban J connectivity index is 1.66. The molecule has 1 amide bonds. The maximum absolute atomic E-state index is 13.2. The first kappa shape index (κ1) is 20.2. The molecule has 0 saturated heterocycles. The molecule has 154 valence electrons. The van der Waals surface area contributed by atoms with Crippen molar-refractivity contribution in [3.05, 3.63) is 89.0 Å². The molecule has 5 nitrogen and oxygen atoms in total. The molecule has 6 heteroatoms. The van der Waals surface area contributed by atoms with Crippen molar-refractivity contribution in [1.82, 2.24) is 0 Å². The van der Waals surface area contributed by atoms with E-state index in [0.717, 1.165) is 29.5 Å². The van der Waals surface area contributed by atoms with Gasteiger partial charge in [0, 0.05) is 17.8 Å². The number of carbonyl (C=O) groups excluding carboxylic acids is 1. The monoisotopic (exact) mass is 420 g/mol. The van der Waals surface area contributed by atoms with Gasteiger partial charge in [-0.2, -0.15) is 0 Å². The highest BCUT2D eigenvalue weighted by atomic mass is 32.2. The molecule has 1 heterocycles. The predicted molar refractivity (Wildman–Crippen MR) is 120 cm³/mol. The first-order valence-electron chi connectivity index (χ1n) is 9.95. The van der Waals surface area contributed by atoms with Crippen molar-refractivity contribution < 1.29 is 13.2 Å². The van der Waals surface area contributed by atoms with E-state index < -0.39 is 10.0 Å². The zero-order valence-corrected chi connectivity index (χ0v) is 17.9. The van der Waals surface area contributed by atoms with Crippen molar-refractivity contribution in [2.24, 2.45) is 0 Å². The van der Waals surface area contributed by atoms with Gasteiger partial charge in [-0.15, -0.1) is 0 Å². The van der Waals surface area contributed by atoms with Crippen LogP contribution in [-0.4, -0.2) is 20.9 Å². The number of fused-ring (bicyclic) bond motifs is 1. The summed E-state index contributed by atoms with van der Waals surface area (Å²) >= 11 is 0. The summed E-state index contributed by atoms with van der Waals surface area (Å²) in [5, 5.41) is 2.92. The Morgan fingerprint density at radius 1 is 0.967 bits per heavy atom. The number of amides is 1. The molecule has 0 aliphatic carbocycles. The molecule has 1 aliphatic heterocycles. The van der Waals surface area contributed by atoms with E-state index in [2.05, 4.69) is 5.32 Å². The molecule has 0 aromatic heterocycles. The maximum atomic E-state index is 13.2. The van der Waals surface area contributed by atoms with Crippen LogP contribution in [0.25, 0.3) is 0 Å². The molecule has 3 aromatic rings. The lowest BCUT2D eigenvalue weighted by molar-refractivity contribution is 0.102. The van der Waals surface area contributed by atoms with Crippen molar-refractivity contribution in [2.75, 3.05) is 16.2 Å². The van der Waals surface area contributed by atoms with Crippen LogP contribution in [0.15, 0.2) is 71.6 Å². The lowest BCUT2D eigenvalue weighted by Crippen LogP contribution is -2.35. The molecular weight excluding hydrogens is 396 g/mol. The Bertz CT molecular complexity index is 1200. The number of rotatable bonds is 4. The first-order chi connectivity index (χ1) is 14.4. The molecule has 0 atom stereocenters. The van der Waals surface area contributed by atoms with E-state index in [0.29, 0.717) is 23.5 Å². The van der Waals surface area contributed by atoms with Crippen molar-refractivity contribution in [3.8, 4) is 0 Å². The van der Waals surface area contributed by atoms with Gasteiger partial charge in [-0.05, 0) is 68.1 Å². The Hall–Kier alpha value is -3.12. The zero-order valence-electron chi connectivity index (χ0n) is 17.1. The zero-order chi connectivity index (χ0) is 21.3. The summed E-state index contributed by atoms with van der Waals surface area (Å²) in [4.78, 5) is 13.0. The van der Waals surface area contributed by atoms with Crippen LogP contribution in [0.2, 0.25) is 0 Å². The van der Waals surface area contributed by atoms with E-state index >= 15 is 0 Å². The van der Waals surface area contributed by atoms with Crippen molar-refractivity contribution >= 4 is 27.3 Å². The Labute approximate surface area is 177 Å². The van der Waals surface area contributed by atoms with Crippen LogP contribution >= 0.6 is 0 Å². The van der Waals surface area contributed by atoms with Crippen LogP contribution in [-0.2, 0) is 16.4 Å². The van der Waals surface area contributed by atoms with E-state index in [1.54, 1.807) is 36.4 Å². The fraction of sp³-hybridized carbons (Fsp3) is 0.208. The van der Waals surface area contributed by atoms with Gasteiger partial charge in [-0.25, -0.2) is 8.42 Å². The summed E-state index contributed by atoms with van der Waals surface area (Å²) in [6, 6.07) is 19.6. The lowest BCUT2D eigenvalue weighted by atomic mass is 10.0. The van der Waals surface area contributed by atoms with Crippen LogP contribution in [0.3, 0.4) is 0 Å². The molecule has 4 rings (SSSR count). The lowest BCUT2D eigenvalue weighted by Gasteiger charge is -2.31. The van der Waals surface area contributed by atoms with Gasteiger partial charge in [-0.3, -0.25) is 9.10 Å². The normalized spacial score (nSPS) is 13.6. The molecule has 0 fully saturated rings. The van der Waals surface area contributed by atoms with Crippen LogP contribution < -0.4 is 9.62 Å². The van der Waals surface area contributed by atoms with Gasteiger partial charge in [0.1, 0.15) is 0 Å². The van der Waals surface area contributed by atoms with E-state index in [9.17, 15) is 13.2 Å². The minimum absolute atomic E-state index is 0.208. The molecule has 1 aliphatic rings. The van der Waals surface area contributed by atoms with Crippen molar-refractivity contribution in [2.45, 2.75) is 31.6 Å². The van der Waals surface area contributed by atoms with Gasteiger partial charge < -0.3 is 5.32 Å². The smallest absolute Gasteiger partial charge is 0.264 e. The van der Waals surface area contributed by atoms with Crippen LogP contribution in [0.5, 0.6) is 0 Å². The van der Waals surface area contributed by atoms with Crippen LogP contribution in [0, 0.1) is 13.8 Å². The summed E-state index contributed by atoms with van der Waals surface area (Å²) in [5.41, 5.74) is 4.77. The SMILES string of the molecule is Cc1ccc(C(=O)Nc2ccc3c(c2)N(S(=O)(=O)c2ccccc2)CCC3)c(C)c1. The van der Waals surface area contributed by atoms with Gasteiger partial charge >= 0.3 is 0 Å². The van der Waals surface area contributed by atoms with Crippen molar-refractivity contribution in [3.63, 3.8) is 0 Å². The van der Waals surface area contributed by atoms with Gasteiger partial charge in [0.15, 0.2) is 0 Å². The number of anilines is 2. The second kappa shape index (κ2) is 7.95. The largest absolute Gasteiger partial charge is 0.322 e. The van der Waals surface area contributed by atoms with E-state index in [-0.39, 0.29) is 10.8 Å². The Kier molecular flexibility index (Phi) is 5.35. The fourth-order valence-electron chi connectivity index (χ4n) is 3.85. The summed E-state index contributed by atoms with van der Waals surface area (Å²) in [5.74, 6) is -0.208. The number of nitrogens with zero attached hydrogens (tertiary/aromatic N) is 1. The molecule has 1 N–H and O–H groups in total. The maximum Gasteiger partial charge on any atom is 0.264 e. The molecule has 0 saturated carbocycles. The molecular formula is C24H24N2O3S. The Morgan fingerprint density at radius 3 is 2.47 bits per heavy atom. The summed E-state index contributed by atoms with van der Waals surface area (Å²) in [7, 11) is -3.66. The number of aryl methyl sites for hydroxylation is 3. The molecule has 0 radical (unpaired) electrons. The molecule has 30 heavy (non-hydrogen) atoms. The highest BCUT2D eigenvalue weighted by molar-refractivity contribution is 7.92. The minimum atomic E-state index is -3.66. The second-order valence-corrected chi connectivity index (χ2v) is 9.47. The third-order valence-corrected chi connectivity index (χ3v) is 7.20. The molecule has 0 spiro atoms. The average molecular weight is 421 g/mol. The Morgan fingerprint density at radius 2 is 1.73 bits per heavy atom. The summed E-state index contributed by atoms with van der Waals surface area (Å²) < 4.78 is 27.9. The van der Waals surface area contributed by atoms with E-state index in [1.165, 1.54) is 4.31 Å². The highest BCUT2D eigenvalue weighted by Gasteiger charge is 2.29. The number of hydrogen-bond acceptors (Lipinski definition) is 3. The van der Waals surface area contributed by atoms with Gasteiger partial charge in [0.2, 0.25) is 0 Å². The van der Waals surface area contributed by atoms with E-state index in [1.807, 2.05) is 44.2 Å². The quantitative estimate of drug-likeness (QED) is 0.665. The number of benzene rings is 3. The second-order valence-electron chi connectivity index (χ2n) is 7.61. The van der Waals surface area contributed by atoms with Crippen molar-refractivity contribution in [1.29, 1.82) is 0 Å². The van der Waals surface area contributed by atoms with E-state index in [4.69, 9.17) is 0 Å². The third-order valence-electron chi connectivity index (χ3n) is 5.38. The highest BCUT2D eigenvalue weighted by Crippen LogP contribution is 2.34. The predicted octanol–water partition coefficient (Wildman–Crippen LogP) is 4.70. The van der Waals surface area contributed by atoms with Crippen LogP contribution in [0.4, 0.5) is 11.4 Å². The fourth-order valence-corrected chi connectivity index (χ4v) is 5.41.